The van der Waals surface area contributed by atoms with Gasteiger partial charge in [-0.2, -0.15) is 4.98 Å². The zero-order valence-electron chi connectivity index (χ0n) is 20.9. The zero-order chi connectivity index (χ0) is 25.7. The topological polar surface area (TPSA) is 110 Å². The molecule has 2 aromatic heterocycles. The van der Waals surface area contributed by atoms with Gasteiger partial charge in [-0.25, -0.2) is 19.7 Å². The number of hydrogen-bond acceptors (Lipinski definition) is 9. The van der Waals surface area contributed by atoms with Crippen molar-refractivity contribution in [3.8, 4) is 5.88 Å². The summed E-state index contributed by atoms with van der Waals surface area (Å²) in [6, 6.07) is 5.99. The van der Waals surface area contributed by atoms with E-state index in [9.17, 15) is 9.59 Å². The molecule has 1 N–H and O–H groups in total. The standard InChI is InChI=1S/C25H28N6O4S/c1-24(2,3)35-23(33)31-10-8-15-12-16(6-7-18(15)25(31,4)5)28-21-27-13-17-19(29-21)34-14-30(20(17)32)22-26-9-11-36-22/h6-7,9,11-13H,8,10,14H2,1-5H3,(H,27,28,29). The monoisotopic (exact) mass is 508 g/mol. The summed E-state index contributed by atoms with van der Waals surface area (Å²) >= 11 is 1.36. The number of hydrogen-bond donors (Lipinski definition) is 1. The smallest absolute Gasteiger partial charge is 0.411 e. The fourth-order valence-corrected chi connectivity index (χ4v) is 5.03. The van der Waals surface area contributed by atoms with Crippen LogP contribution in [0, 0.1) is 0 Å². The van der Waals surface area contributed by atoms with Crippen molar-refractivity contribution in [1.29, 1.82) is 0 Å². The number of ether oxygens (including phenoxy) is 2. The molecule has 2 amide bonds. The maximum Gasteiger partial charge on any atom is 0.411 e. The second-order valence-electron chi connectivity index (χ2n) is 10.2. The molecule has 2 aliphatic heterocycles. The third-order valence-corrected chi connectivity index (χ3v) is 6.92. The lowest BCUT2D eigenvalue weighted by Gasteiger charge is -2.44. The molecule has 4 heterocycles. The van der Waals surface area contributed by atoms with Crippen molar-refractivity contribution >= 4 is 40.1 Å². The average molecular weight is 509 g/mol. The fraction of sp³-hybridized carbons (Fsp3) is 0.400. The predicted octanol–water partition coefficient (Wildman–Crippen LogP) is 4.70. The zero-order valence-corrected chi connectivity index (χ0v) is 21.7. The van der Waals surface area contributed by atoms with Crippen molar-refractivity contribution in [2.24, 2.45) is 0 Å². The third-order valence-electron chi connectivity index (χ3n) is 6.12. The molecule has 0 aliphatic carbocycles. The molecule has 0 saturated heterocycles. The minimum absolute atomic E-state index is 0.0396. The van der Waals surface area contributed by atoms with Gasteiger partial charge in [-0.05, 0) is 64.3 Å². The largest absolute Gasteiger partial charge is 0.455 e. The summed E-state index contributed by atoms with van der Waals surface area (Å²) in [5, 5.41) is 5.57. The summed E-state index contributed by atoms with van der Waals surface area (Å²) in [5.74, 6) is 0.315. The van der Waals surface area contributed by atoms with Crippen LogP contribution < -0.4 is 15.0 Å². The van der Waals surface area contributed by atoms with Gasteiger partial charge in [-0.15, -0.1) is 11.3 Å². The van der Waals surface area contributed by atoms with E-state index in [-0.39, 0.29) is 30.2 Å². The summed E-state index contributed by atoms with van der Waals surface area (Å²) < 4.78 is 11.4. The van der Waals surface area contributed by atoms with Crippen LogP contribution in [0.2, 0.25) is 0 Å². The number of rotatable bonds is 3. The first-order valence-electron chi connectivity index (χ1n) is 11.7. The highest BCUT2D eigenvalue weighted by Gasteiger charge is 2.39. The fourth-order valence-electron chi connectivity index (χ4n) is 4.40. The van der Waals surface area contributed by atoms with Gasteiger partial charge < -0.3 is 14.8 Å². The lowest BCUT2D eigenvalue weighted by Crippen LogP contribution is -2.51. The van der Waals surface area contributed by atoms with Gasteiger partial charge in [0.2, 0.25) is 11.8 Å². The van der Waals surface area contributed by atoms with Gasteiger partial charge in [0.15, 0.2) is 11.9 Å². The summed E-state index contributed by atoms with van der Waals surface area (Å²) in [6.07, 6.45) is 3.49. The Hall–Kier alpha value is -3.73. The number of nitrogens with one attached hydrogen (secondary N) is 1. The van der Waals surface area contributed by atoms with Crippen molar-refractivity contribution in [2.75, 3.05) is 23.5 Å². The molecular weight excluding hydrogens is 480 g/mol. The van der Waals surface area contributed by atoms with Gasteiger partial charge in [0.1, 0.15) is 11.2 Å². The Morgan fingerprint density at radius 3 is 2.78 bits per heavy atom. The third kappa shape index (κ3) is 4.46. The quantitative estimate of drug-likeness (QED) is 0.542. The number of thiazole rings is 1. The van der Waals surface area contributed by atoms with E-state index >= 15 is 0 Å². The van der Waals surface area contributed by atoms with E-state index in [1.807, 2.05) is 52.8 Å². The molecular formula is C25H28N6O4S. The number of anilines is 3. The molecule has 0 fully saturated rings. The van der Waals surface area contributed by atoms with E-state index in [0.29, 0.717) is 24.0 Å². The molecule has 36 heavy (non-hydrogen) atoms. The number of benzene rings is 1. The van der Waals surface area contributed by atoms with Crippen LogP contribution in [0.3, 0.4) is 0 Å². The summed E-state index contributed by atoms with van der Waals surface area (Å²) in [5.41, 5.74) is 2.22. The van der Waals surface area contributed by atoms with Gasteiger partial charge in [-0.3, -0.25) is 9.69 Å². The van der Waals surface area contributed by atoms with Gasteiger partial charge in [0.05, 0.1) is 5.54 Å². The Labute approximate surface area is 213 Å². The Morgan fingerprint density at radius 1 is 1.25 bits per heavy atom. The number of aromatic nitrogens is 3. The molecule has 10 nitrogen and oxygen atoms in total. The van der Waals surface area contributed by atoms with Crippen molar-refractivity contribution in [3.05, 3.63) is 52.7 Å². The molecule has 0 spiro atoms. The number of nitrogens with zero attached hydrogens (tertiary/aromatic N) is 5. The van der Waals surface area contributed by atoms with E-state index in [1.54, 1.807) is 16.5 Å². The van der Waals surface area contributed by atoms with E-state index < -0.39 is 11.1 Å². The maximum absolute atomic E-state index is 12.8. The van der Waals surface area contributed by atoms with Gasteiger partial charge in [0.25, 0.3) is 5.91 Å². The van der Waals surface area contributed by atoms with Crippen LogP contribution in [0.4, 0.5) is 21.6 Å². The summed E-state index contributed by atoms with van der Waals surface area (Å²) in [6.45, 7) is 10.3. The van der Waals surface area contributed by atoms with E-state index in [4.69, 9.17) is 9.47 Å². The minimum Gasteiger partial charge on any atom is -0.455 e. The Balaban J connectivity index is 1.33. The highest BCUT2D eigenvalue weighted by Crippen LogP contribution is 2.37. The Morgan fingerprint density at radius 2 is 2.06 bits per heavy atom. The number of fused-ring (bicyclic) bond motifs is 2. The molecule has 5 rings (SSSR count). The second-order valence-corrected chi connectivity index (χ2v) is 11.0. The average Bonchev–Trinajstić information content (AvgIpc) is 3.32. The van der Waals surface area contributed by atoms with Crippen LogP contribution in [0.25, 0.3) is 0 Å². The summed E-state index contributed by atoms with van der Waals surface area (Å²) in [7, 11) is 0. The highest BCUT2D eigenvalue weighted by atomic mass is 32.1. The molecule has 3 aromatic rings. The normalized spacial score (nSPS) is 16.6. The molecule has 188 valence electrons. The molecule has 0 saturated carbocycles. The van der Waals surface area contributed by atoms with Crippen molar-refractivity contribution in [3.63, 3.8) is 0 Å². The van der Waals surface area contributed by atoms with Crippen LogP contribution in [0.15, 0.2) is 36.0 Å². The van der Waals surface area contributed by atoms with Crippen LogP contribution in [0.5, 0.6) is 5.88 Å². The van der Waals surface area contributed by atoms with Gasteiger partial charge >= 0.3 is 6.09 Å². The second kappa shape index (κ2) is 8.74. The van der Waals surface area contributed by atoms with E-state index in [2.05, 4.69) is 20.3 Å². The van der Waals surface area contributed by atoms with Gasteiger partial charge in [0, 0.05) is 30.0 Å². The molecule has 0 unspecified atom stereocenters. The summed E-state index contributed by atoms with van der Waals surface area (Å²) in [4.78, 5) is 41.8. The Bertz CT molecular complexity index is 1320. The lowest BCUT2D eigenvalue weighted by atomic mass is 9.83. The van der Waals surface area contributed by atoms with Crippen molar-refractivity contribution in [1.82, 2.24) is 19.9 Å². The van der Waals surface area contributed by atoms with E-state index in [0.717, 1.165) is 16.8 Å². The van der Waals surface area contributed by atoms with Gasteiger partial charge in [-0.1, -0.05) is 6.07 Å². The van der Waals surface area contributed by atoms with Crippen LogP contribution in [-0.4, -0.2) is 50.7 Å². The first-order chi connectivity index (χ1) is 17.0. The molecule has 2 aliphatic rings. The first-order valence-corrected chi connectivity index (χ1v) is 12.5. The Kier molecular flexibility index (Phi) is 5.82. The number of carbonyl (C=O) groups is 2. The first kappa shape index (κ1) is 24.0. The SMILES string of the molecule is CC(C)(C)OC(=O)N1CCc2cc(Nc3ncc4c(n3)OCN(c3nccs3)C4=O)ccc2C1(C)C. The van der Waals surface area contributed by atoms with E-state index in [1.165, 1.54) is 22.4 Å². The number of amides is 2. The number of carbonyl (C=O) groups excluding carboxylic acids is 2. The predicted molar refractivity (Wildman–Crippen MR) is 136 cm³/mol. The van der Waals surface area contributed by atoms with Crippen LogP contribution >= 0.6 is 11.3 Å². The molecule has 0 atom stereocenters. The molecule has 0 bridgehead atoms. The molecule has 1 aromatic carbocycles. The maximum atomic E-state index is 12.8. The van der Waals surface area contributed by atoms with Crippen LogP contribution in [-0.2, 0) is 16.7 Å². The molecule has 0 radical (unpaired) electrons. The highest BCUT2D eigenvalue weighted by molar-refractivity contribution is 7.13. The van der Waals surface area contributed by atoms with Crippen molar-refractivity contribution < 1.29 is 19.1 Å². The molecule has 11 heteroatoms. The minimum atomic E-state index is -0.552. The lowest BCUT2D eigenvalue weighted by molar-refractivity contribution is -0.000309. The van der Waals surface area contributed by atoms with Crippen molar-refractivity contribution in [2.45, 2.75) is 52.2 Å². The van der Waals surface area contributed by atoms with Crippen LogP contribution in [0.1, 0.15) is 56.1 Å².